The Bertz CT molecular complexity index is 783. The highest BCUT2D eigenvalue weighted by Crippen LogP contribution is 2.38. The van der Waals surface area contributed by atoms with Gasteiger partial charge in [-0.3, -0.25) is 4.79 Å². The second-order valence-electron chi connectivity index (χ2n) is 5.30. The first-order chi connectivity index (χ1) is 12.8. The van der Waals surface area contributed by atoms with E-state index in [4.69, 9.17) is 14.2 Å². The predicted molar refractivity (Wildman–Crippen MR) is 91.6 cm³/mol. The molecule has 1 amide bonds. The van der Waals surface area contributed by atoms with Crippen molar-refractivity contribution in [1.29, 1.82) is 0 Å². The SMILES string of the molecule is COc1cc(CC(=O)Nc2ccccc2OC(F)(F)F)cc(OC)c1OC. The average molecular weight is 385 g/mol. The molecule has 146 valence electrons. The number of anilines is 1. The van der Waals surface area contributed by atoms with Crippen molar-refractivity contribution in [2.45, 2.75) is 12.8 Å². The molecule has 2 aromatic rings. The second-order valence-corrected chi connectivity index (χ2v) is 5.30. The molecule has 0 atom stereocenters. The Balaban J connectivity index is 2.20. The molecule has 0 aromatic heterocycles. The Hall–Kier alpha value is -3.10. The Morgan fingerprint density at radius 1 is 0.963 bits per heavy atom. The van der Waals surface area contributed by atoms with E-state index in [9.17, 15) is 18.0 Å². The van der Waals surface area contributed by atoms with Crippen molar-refractivity contribution in [3.63, 3.8) is 0 Å². The number of carbonyl (C=O) groups excluding carboxylic acids is 1. The quantitative estimate of drug-likeness (QED) is 0.786. The zero-order valence-electron chi connectivity index (χ0n) is 14.8. The van der Waals surface area contributed by atoms with E-state index in [-0.39, 0.29) is 12.1 Å². The molecular formula is C18H18F3NO5. The number of methoxy groups -OCH3 is 3. The van der Waals surface area contributed by atoms with Gasteiger partial charge in [-0.1, -0.05) is 12.1 Å². The first-order valence-electron chi connectivity index (χ1n) is 7.71. The summed E-state index contributed by atoms with van der Waals surface area (Å²) in [6.45, 7) is 0. The van der Waals surface area contributed by atoms with Gasteiger partial charge in [0, 0.05) is 0 Å². The van der Waals surface area contributed by atoms with Gasteiger partial charge in [-0.15, -0.1) is 13.2 Å². The molecule has 0 bridgehead atoms. The van der Waals surface area contributed by atoms with Crippen LogP contribution in [0.2, 0.25) is 0 Å². The molecule has 6 nitrogen and oxygen atoms in total. The number of para-hydroxylation sites is 2. The van der Waals surface area contributed by atoms with E-state index in [1.807, 2.05) is 0 Å². The number of amides is 1. The maximum absolute atomic E-state index is 12.5. The largest absolute Gasteiger partial charge is 0.573 e. The van der Waals surface area contributed by atoms with E-state index in [1.54, 1.807) is 12.1 Å². The van der Waals surface area contributed by atoms with Gasteiger partial charge in [-0.2, -0.15) is 0 Å². The highest BCUT2D eigenvalue weighted by molar-refractivity contribution is 5.93. The van der Waals surface area contributed by atoms with Gasteiger partial charge in [0.2, 0.25) is 11.7 Å². The normalized spacial score (nSPS) is 10.9. The molecular weight excluding hydrogens is 367 g/mol. The number of alkyl halides is 3. The molecule has 0 saturated carbocycles. The van der Waals surface area contributed by atoms with Crippen LogP contribution < -0.4 is 24.3 Å². The fourth-order valence-corrected chi connectivity index (χ4v) is 2.40. The first kappa shape index (κ1) is 20.2. The third-order valence-corrected chi connectivity index (χ3v) is 3.48. The minimum absolute atomic E-state index is 0.0905. The third kappa shape index (κ3) is 5.44. The molecule has 0 spiro atoms. The van der Waals surface area contributed by atoms with Crippen LogP contribution in [0, 0.1) is 0 Å². The molecule has 0 aliphatic carbocycles. The summed E-state index contributed by atoms with van der Waals surface area (Å²) < 4.78 is 56.9. The van der Waals surface area contributed by atoms with Crippen molar-refractivity contribution >= 4 is 11.6 Å². The number of halogens is 3. The van der Waals surface area contributed by atoms with Crippen molar-refractivity contribution < 1.29 is 36.9 Å². The number of nitrogens with one attached hydrogen (secondary N) is 1. The zero-order chi connectivity index (χ0) is 20.0. The van der Waals surface area contributed by atoms with Crippen molar-refractivity contribution in [3.8, 4) is 23.0 Å². The number of hydrogen-bond donors (Lipinski definition) is 1. The van der Waals surface area contributed by atoms with Gasteiger partial charge in [0.25, 0.3) is 0 Å². The molecule has 0 radical (unpaired) electrons. The lowest BCUT2D eigenvalue weighted by molar-refractivity contribution is -0.274. The van der Waals surface area contributed by atoms with E-state index < -0.39 is 18.0 Å². The van der Waals surface area contributed by atoms with Crippen LogP contribution in [-0.2, 0) is 11.2 Å². The van der Waals surface area contributed by atoms with Crippen molar-refractivity contribution in [3.05, 3.63) is 42.0 Å². The molecule has 0 unspecified atom stereocenters. The van der Waals surface area contributed by atoms with E-state index >= 15 is 0 Å². The zero-order valence-corrected chi connectivity index (χ0v) is 14.8. The van der Waals surface area contributed by atoms with E-state index in [2.05, 4.69) is 10.1 Å². The van der Waals surface area contributed by atoms with Crippen LogP contribution in [0.1, 0.15) is 5.56 Å². The lowest BCUT2D eigenvalue weighted by Crippen LogP contribution is -2.20. The highest BCUT2D eigenvalue weighted by Gasteiger charge is 2.32. The summed E-state index contributed by atoms with van der Waals surface area (Å²) >= 11 is 0. The Morgan fingerprint density at radius 2 is 1.56 bits per heavy atom. The lowest BCUT2D eigenvalue weighted by Gasteiger charge is -2.15. The summed E-state index contributed by atoms with van der Waals surface area (Å²) in [4.78, 5) is 12.3. The molecule has 9 heteroatoms. The van der Waals surface area contributed by atoms with Crippen molar-refractivity contribution in [2.75, 3.05) is 26.6 Å². The number of hydrogen-bond acceptors (Lipinski definition) is 5. The van der Waals surface area contributed by atoms with Gasteiger partial charge in [-0.05, 0) is 29.8 Å². The van der Waals surface area contributed by atoms with Crippen LogP contribution in [0.5, 0.6) is 23.0 Å². The van der Waals surface area contributed by atoms with E-state index in [0.717, 1.165) is 6.07 Å². The van der Waals surface area contributed by atoms with Gasteiger partial charge in [0.05, 0.1) is 33.4 Å². The van der Waals surface area contributed by atoms with Gasteiger partial charge in [0.1, 0.15) is 0 Å². The molecule has 0 aliphatic rings. The standard InChI is InChI=1S/C18H18F3NO5/c1-24-14-8-11(9-15(25-2)17(14)26-3)10-16(23)22-12-6-4-5-7-13(12)27-18(19,20)21/h4-9H,10H2,1-3H3,(H,22,23). The Morgan fingerprint density at radius 3 is 2.07 bits per heavy atom. The molecule has 2 rings (SSSR count). The van der Waals surface area contributed by atoms with Crippen LogP contribution in [0.25, 0.3) is 0 Å². The number of benzene rings is 2. The van der Waals surface area contributed by atoms with Crippen LogP contribution in [0.15, 0.2) is 36.4 Å². The van der Waals surface area contributed by atoms with Crippen molar-refractivity contribution in [1.82, 2.24) is 0 Å². The Kier molecular flexibility index (Phi) is 6.38. The smallest absolute Gasteiger partial charge is 0.493 e. The number of ether oxygens (including phenoxy) is 4. The van der Waals surface area contributed by atoms with E-state index in [0.29, 0.717) is 22.8 Å². The van der Waals surface area contributed by atoms with Crippen molar-refractivity contribution in [2.24, 2.45) is 0 Å². The van der Waals surface area contributed by atoms with Gasteiger partial charge in [-0.25, -0.2) is 0 Å². The molecule has 0 aliphatic heterocycles. The monoisotopic (exact) mass is 385 g/mol. The van der Waals surface area contributed by atoms with Crippen LogP contribution in [0.3, 0.4) is 0 Å². The summed E-state index contributed by atoms with van der Waals surface area (Å²) in [5.41, 5.74) is 0.434. The molecule has 0 fully saturated rings. The van der Waals surface area contributed by atoms with Gasteiger partial charge < -0.3 is 24.3 Å². The molecule has 1 N–H and O–H groups in total. The minimum atomic E-state index is -4.86. The van der Waals surface area contributed by atoms with Gasteiger partial charge >= 0.3 is 6.36 Å². The Labute approximate surface area is 153 Å². The predicted octanol–water partition coefficient (Wildman–Crippen LogP) is 3.79. The molecule has 0 heterocycles. The second kappa shape index (κ2) is 8.52. The maximum atomic E-state index is 12.5. The highest BCUT2D eigenvalue weighted by atomic mass is 19.4. The first-order valence-corrected chi connectivity index (χ1v) is 7.71. The molecule has 2 aromatic carbocycles. The van der Waals surface area contributed by atoms with Crippen LogP contribution in [0.4, 0.5) is 18.9 Å². The summed E-state index contributed by atoms with van der Waals surface area (Å²) in [6, 6.07) is 8.45. The minimum Gasteiger partial charge on any atom is -0.493 e. The van der Waals surface area contributed by atoms with E-state index in [1.165, 1.54) is 39.5 Å². The van der Waals surface area contributed by atoms with Gasteiger partial charge in [0.15, 0.2) is 17.2 Å². The fourth-order valence-electron chi connectivity index (χ4n) is 2.40. The molecule has 0 saturated heterocycles. The number of rotatable bonds is 7. The van der Waals surface area contributed by atoms with Crippen LogP contribution >= 0.6 is 0 Å². The fraction of sp³-hybridized carbons (Fsp3) is 0.278. The summed E-state index contributed by atoms with van der Waals surface area (Å²) in [5, 5.41) is 2.41. The molecule has 27 heavy (non-hydrogen) atoms. The summed E-state index contributed by atoms with van der Waals surface area (Å²) in [6.07, 6.45) is -4.99. The average Bonchev–Trinajstić information content (AvgIpc) is 2.61. The summed E-state index contributed by atoms with van der Waals surface area (Å²) in [7, 11) is 4.32. The summed E-state index contributed by atoms with van der Waals surface area (Å²) in [5.74, 6) is 0.0553. The maximum Gasteiger partial charge on any atom is 0.573 e. The third-order valence-electron chi connectivity index (χ3n) is 3.48. The lowest BCUT2D eigenvalue weighted by atomic mass is 10.1. The van der Waals surface area contributed by atoms with Crippen LogP contribution in [-0.4, -0.2) is 33.6 Å². The number of carbonyl (C=O) groups is 1. The topological polar surface area (TPSA) is 66.0 Å².